The maximum Gasteiger partial charge on any atom is 0.192 e. The summed E-state index contributed by atoms with van der Waals surface area (Å²) in [7, 11) is 0. The second kappa shape index (κ2) is 3.95. The Bertz CT molecular complexity index is 825. The van der Waals surface area contributed by atoms with Gasteiger partial charge in [0.25, 0.3) is 0 Å². The highest BCUT2D eigenvalue weighted by Crippen LogP contribution is 2.29. The Balaban J connectivity index is 2.50. The van der Waals surface area contributed by atoms with E-state index in [1.165, 1.54) is 11.1 Å². The summed E-state index contributed by atoms with van der Waals surface area (Å²) >= 11 is 0. The molecule has 0 bridgehead atoms. The summed E-state index contributed by atoms with van der Waals surface area (Å²) in [4.78, 5) is 12.3. The lowest BCUT2D eigenvalue weighted by Gasteiger charge is -2.11. The Morgan fingerprint density at radius 3 is 2.26 bits per heavy atom. The third-order valence-corrected chi connectivity index (χ3v) is 3.94. The lowest BCUT2D eigenvalue weighted by Crippen LogP contribution is -2.10. The van der Waals surface area contributed by atoms with Gasteiger partial charge in [-0.3, -0.25) is 4.79 Å². The number of aryl methyl sites for hydroxylation is 3. The normalized spacial score (nSPS) is 11.4. The molecule has 2 heteroatoms. The Kier molecular flexibility index (Phi) is 2.49. The van der Waals surface area contributed by atoms with Crippen LogP contribution in [0.25, 0.3) is 22.3 Å². The minimum absolute atomic E-state index is 0.0684. The van der Waals surface area contributed by atoms with Crippen LogP contribution in [0, 0.1) is 27.7 Å². The van der Waals surface area contributed by atoms with Crippen molar-refractivity contribution in [3.05, 3.63) is 56.7 Å². The van der Waals surface area contributed by atoms with Gasteiger partial charge in [-0.05, 0) is 68.7 Å². The first kappa shape index (κ1) is 12.0. The minimum atomic E-state index is 0.0684. The summed E-state index contributed by atoms with van der Waals surface area (Å²) in [6.45, 7) is 7.93. The molecule has 3 rings (SSSR count). The molecule has 0 saturated heterocycles. The molecule has 1 aliphatic carbocycles. The first-order chi connectivity index (χ1) is 8.97. The molecule has 1 aromatic carbocycles. The molecule has 1 aromatic rings. The van der Waals surface area contributed by atoms with E-state index in [2.05, 4.69) is 19.9 Å². The van der Waals surface area contributed by atoms with Crippen LogP contribution < -0.4 is 5.43 Å². The van der Waals surface area contributed by atoms with Crippen molar-refractivity contribution in [2.45, 2.75) is 27.7 Å². The van der Waals surface area contributed by atoms with E-state index in [1.807, 2.05) is 32.0 Å². The van der Waals surface area contributed by atoms with E-state index in [4.69, 9.17) is 4.42 Å². The highest BCUT2D eigenvalue weighted by atomic mass is 16.3. The maximum absolute atomic E-state index is 12.3. The molecule has 1 heterocycles. The first-order valence-electron chi connectivity index (χ1n) is 6.42. The Labute approximate surface area is 112 Å². The van der Waals surface area contributed by atoms with Crippen LogP contribution in [0.5, 0.6) is 0 Å². The summed E-state index contributed by atoms with van der Waals surface area (Å²) < 4.78 is 5.90. The van der Waals surface area contributed by atoms with Crippen molar-refractivity contribution in [1.82, 2.24) is 0 Å². The average molecular weight is 252 g/mol. The zero-order valence-corrected chi connectivity index (χ0v) is 11.6. The number of rotatable bonds is 0. The van der Waals surface area contributed by atoms with Crippen LogP contribution in [0.2, 0.25) is 0 Å². The molecular weight excluding hydrogens is 236 g/mol. The second-order valence-electron chi connectivity index (χ2n) is 5.28. The lowest BCUT2D eigenvalue weighted by atomic mass is 9.99. The predicted molar refractivity (Wildman–Crippen MR) is 78.1 cm³/mol. The molecule has 0 unspecified atom stereocenters. The molecule has 0 N–H and O–H groups in total. The highest BCUT2D eigenvalue weighted by Gasteiger charge is 2.14. The first-order valence-corrected chi connectivity index (χ1v) is 6.42. The molecule has 19 heavy (non-hydrogen) atoms. The fraction of sp³-hybridized carbons (Fsp3) is 0.235. The van der Waals surface area contributed by atoms with Crippen LogP contribution in [0.15, 0.2) is 33.5 Å². The molecule has 0 radical (unpaired) electrons. The van der Waals surface area contributed by atoms with Gasteiger partial charge in [-0.25, -0.2) is 0 Å². The lowest BCUT2D eigenvalue weighted by molar-refractivity contribution is 0.617. The van der Waals surface area contributed by atoms with E-state index < -0.39 is 0 Å². The van der Waals surface area contributed by atoms with Crippen LogP contribution in [-0.2, 0) is 0 Å². The van der Waals surface area contributed by atoms with Gasteiger partial charge < -0.3 is 4.42 Å². The summed E-state index contributed by atoms with van der Waals surface area (Å²) in [6.07, 6.45) is 0. The smallest absolute Gasteiger partial charge is 0.192 e. The van der Waals surface area contributed by atoms with Crippen molar-refractivity contribution in [2.24, 2.45) is 0 Å². The second-order valence-corrected chi connectivity index (χ2v) is 5.28. The van der Waals surface area contributed by atoms with E-state index in [1.54, 1.807) is 0 Å². The van der Waals surface area contributed by atoms with Crippen LogP contribution in [0.1, 0.15) is 22.3 Å². The summed E-state index contributed by atoms with van der Waals surface area (Å²) in [6, 6.07) is 7.99. The van der Waals surface area contributed by atoms with Gasteiger partial charge in [-0.1, -0.05) is 0 Å². The van der Waals surface area contributed by atoms with E-state index >= 15 is 0 Å². The molecule has 0 spiro atoms. The average Bonchev–Trinajstić information content (AvgIpc) is 2.37. The molecule has 1 aliphatic heterocycles. The molecule has 2 aliphatic rings. The fourth-order valence-corrected chi connectivity index (χ4v) is 2.38. The van der Waals surface area contributed by atoms with Gasteiger partial charge in [0.1, 0.15) is 11.3 Å². The van der Waals surface area contributed by atoms with Gasteiger partial charge in [-0.15, -0.1) is 0 Å². The number of benzene rings is 2. The SMILES string of the molecule is Cc1cc2cc3c(=O)c(C)c(C)cc-3oc2cc1C. The van der Waals surface area contributed by atoms with E-state index in [9.17, 15) is 4.79 Å². The van der Waals surface area contributed by atoms with Gasteiger partial charge in [-0.2, -0.15) is 0 Å². The van der Waals surface area contributed by atoms with Gasteiger partial charge in [0.05, 0.1) is 5.56 Å². The maximum atomic E-state index is 12.3. The summed E-state index contributed by atoms with van der Waals surface area (Å²) in [5.41, 5.74) is 5.74. The predicted octanol–water partition coefficient (Wildman–Crippen LogP) is 4.13. The molecule has 0 amide bonds. The van der Waals surface area contributed by atoms with Crippen LogP contribution in [-0.4, -0.2) is 0 Å². The monoisotopic (exact) mass is 252 g/mol. The van der Waals surface area contributed by atoms with Crippen LogP contribution in [0.3, 0.4) is 0 Å². The molecule has 96 valence electrons. The topological polar surface area (TPSA) is 30.2 Å². The van der Waals surface area contributed by atoms with Gasteiger partial charge in [0, 0.05) is 10.9 Å². The van der Waals surface area contributed by atoms with Crippen LogP contribution >= 0.6 is 0 Å². The molecular formula is C17H16O2. The van der Waals surface area contributed by atoms with Crippen molar-refractivity contribution in [1.29, 1.82) is 0 Å². The molecule has 0 saturated carbocycles. The molecule has 0 fully saturated rings. The van der Waals surface area contributed by atoms with Gasteiger partial charge >= 0.3 is 0 Å². The fourth-order valence-electron chi connectivity index (χ4n) is 2.38. The number of hydrogen-bond donors (Lipinski definition) is 0. The van der Waals surface area contributed by atoms with Crippen LogP contribution in [0.4, 0.5) is 0 Å². The van der Waals surface area contributed by atoms with Crippen molar-refractivity contribution in [3.63, 3.8) is 0 Å². The summed E-state index contributed by atoms with van der Waals surface area (Å²) in [5, 5.41) is 0.982. The van der Waals surface area contributed by atoms with E-state index in [0.29, 0.717) is 11.3 Å². The largest absolute Gasteiger partial charge is 0.456 e. The zero-order chi connectivity index (χ0) is 13.7. The Morgan fingerprint density at radius 2 is 1.53 bits per heavy atom. The van der Waals surface area contributed by atoms with E-state index in [0.717, 1.165) is 22.1 Å². The molecule has 2 nitrogen and oxygen atoms in total. The zero-order valence-electron chi connectivity index (χ0n) is 11.6. The Hall–Kier alpha value is -2.09. The van der Waals surface area contributed by atoms with Crippen molar-refractivity contribution >= 4 is 11.0 Å². The third-order valence-electron chi connectivity index (χ3n) is 3.94. The Morgan fingerprint density at radius 1 is 0.842 bits per heavy atom. The highest BCUT2D eigenvalue weighted by molar-refractivity contribution is 5.84. The van der Waals surface area contributed by atoms with Crippen molar-refractivity contribution in [2.75, 3.05) is 0 Å². The van der Waals surface area contributed by atoms with Crippen molar-refractivity contribution in [3.8, 4) is 11.3 Å². The number of hydrogen-bond acceptors (Lipinski definition) is 2. The van der Waals surface area contributed by atoms with Gasteiger partial charge in [0.2, 0.25) is 0 Å². The molecule has 0 atom stereocenters. The minimum Gasteiger partial charge on any atom is -0.456 e. The third kappa shape index (κ3) is 1.75. The quantitative estimate of drug-likeness (QED) is 0.563. The molecule has 0 aromatic heterocycles. The number of fused-ring (bicyclic) bond motifs is 2. The van der Waals surface area contributed by atoms with E-state index in [-0.39, 0.29) is 5.43 Å². The standard InChI is InChI=1S/C17H16O2/c1-9-5-13-8-14-16(19-15(13)6-10(9)2)7-11(3)12(4)17(14)18/h5-8H,1-4H3. The summed E-state index contributed by atoms with van der Waals surface area (Å²) in [5.74, 6) is 0.670. The van der Waals surface area contributed by atoms with Crippen molar-refractivity contribution < 1.29 is 4.42 Å². The van der Waals surface area contributed by atoms with Gasteiger partial charge in [0.15, 0.2) is 5.43 Å².